The van der Waals surface area contributed by atoms with Crippen LogP contribution in [-0.4, -0.2) is 55.3 Å². The van der Waals surface area contributed by atoms with Gasteiger partial charge in [-0.15, -0.1) is 0 Å². The first-order valence-corrected chi connectivity index (χ1v) is 12.5. The molecule has 2 aromatic heterocycles. The van der Waals surface area contributed by atoms with Gasteiger partial charge in [-0.3, -0.25) is 9.69 Å². The lowest BCUT2D eigenvalue weighted by molar-refractivity contribution is -0.00345. The number of rotatable bonds is 6. The maximum atomic E-state index is 12.8. The van der Waals surface area contributed by atoms with Gasteiger partial charge < -0.3 is 15.4 Å². The molecule has 1 unspecified atom stereocenters. The monoisotopic (exact) mass is 516 g/mol. The van der Waals surface area contributed by atoms with Crippen LogP contribution in [0.2, 0.25) is 0 Å². The quantitative estimate of drug-likeness (QED) is 0.455. The molecule has 11 nitrogen and oxygen atoms in total. The number of aryl methyl sites for hydroxylation is 1. The van der Waals surface area contributed by atoms with Crippen molar-refractivity contribution in [2.75, 3.05) is 18.4 Å². The summed E-state index contributed by atoms with van der Waals surface area (Å²) in [7, 11) is 0. The summed E-state index contributed by atoms with van der Waals surface area (Å²) < 4.78 is 7.39. The molecular formula is C27H32N8O3. The molecule has 1 fully saturated rings. The lowest BCUT2D eigenvalue weighted by Crippen LogP contribution is -2.44. The van der Waals surface area contributed by atoms with Gasteiger partial charge in [-0.05, 0) is 64.7 Å². The number of amides is 2. The first kappa shape index (κ1) is 26.6. The lowest BCUT2D eigenvalue weighted by Gasteiger charge is -2.36. The smallest absolute Gasteiger partial charge is 0.411 e. The second-order valence-electron chi connectivity index (χ2n) is 10.1. The highest BCUT2D eigenvalue weighted by Crippen LogP contribution is 2.29. The molecule has 4 rings (SSSR count). The van der Waals surface area contributed by atoms with E-state index in [9.17, 15) is 9.59 Å². The van der Waals surface area contributed by atoms with Crippen LogP contribution < -0.4 is 10.6 Å². The SMILES string of the molecule is Cc1cnc(Nc2cnn(C3CCCCN3C(=O)OC(C)(C)C)c2)nc1-c1ccc(C(=O)NCC#N)cc1. The number of benzene rings is 1. The van der Waals surface area contributed by atoms with Crippen molar-refractivity contribution in [1.29, 1.82) is 5.26 Å². The molecule has 1 aliphatic heterocycles. The van der Waals surface area contributed by atoms with Crippen molar-refractivity contribution in [3.8, 4) is 17.3 Å². The molecule has 2 amide bonds. The fraction of sp³-hybridized carbons (Fsp3) is 0.407. The molecule has 0 bridgehead atoms. The minimum absolute atomic E-state index is 0.0446. The summed E-state index contributed by atoms with van der Waals surface area (Å²) in [6.45, 7) is 8.06. The van der Waals surface area contributed by atoms with Crippen molar-refractivity contribution in [2.45, 2.75) is 58.7 Å². The molecular weight excluding hydrogens is 484 g/mol. The molecule has 2 N–H and O–H groups in total. The Morgan fingerprint density at radius 2 is 1.95 bits per heavy atom. The summed E-state index contributed by atoms with van der Waals surface area (Å²) >= 11 is 0. The fourth-order valence-corrected chi connectivity index (χ4v) is 4.21. The van der Waals surface area contributed by atoms with Gasteiger partial charge in [0.15, 0.2) is 0 Å². The van der Waals surface area contributed by atoms with E-state index in [-0.39, 0.29) is 24.7 Å². The number of piperidine rings is 1. The minimum Gasteiger partial charge on any atom is -0.444 e. The van der Waals surface area contributed by atoms with Crippen LogP contribution in [0, 0.1) is 18.3 Å². The van der Waals surface area contributed by atoms with Crippen LogP contribution in [-0.2, 0) is 4.74 Å². The van der Waals surface area contributed by atoms with Gasteiger partial charge in [-0.2, -0.15) is 10.4 Å². The predicted molar refractivity (Wildman–Crippen MR) is 141 cm³/mol. The van der Waals surface area contributed by atoms with E-state index in [1.54, 1.807) is 34.1 Å². The van der Waals surface area contributed by atoms with E-state index in [1.807, 2.05) is 52.1 Å². The molecule has 38 heavy (non-hydrogen) atoms. The standard InChI is InChI=1S/C27H32N8O3/c1-18-15-30-25(33-23(18)19-8-10-20(11-9-19)24(36)29-13-12-28)32-21-16-31-35(17-21)22-7-5-6-14-34(22)26(37)38-27(2,3)4/h8-11,15-17,22H,5-7,13-14H2,1-4H3,(H,29,36)(H,30,32,33). The Morgan fingerprint density at radius 3 is 2.66 bits per heavy atom. The predicted octanol–water partition coefficient (Wildman–Crippen LogP) is 4.57. The topological polar surface area (TPSA) is 138 Å². The van der Waals surface area contributed by atoms with Crippen LogP contribution in [0.15, 0.2) is 42.9 Å². The highest BCUT2D eigenvalue weighted by atomic mass is 16.6. The molecule has 1 aliphatic rings. The van der Waals surface area contributed by atoms with Gasteiger partial charge in [0.25, 0.3) is 5.91 Å². The normalized spacial score (nSPS) is 15.4. The van der Waals surface area contributed by atoms with E-state index in [1.165, 1.54) is 0 Å². The van der Waals surface area contributed by atoms with Crippen molar-refractivity contribution in [3.63, 3.8) is 0 Å². The number of carbonyl (C=O) groups excluding carboxylic acids is 2. The molecule has 3 heterocycles. The number of aromatic nitrogens is 4. The number of hydrogen-bond donors (Lipinski definition) is 2. The Labute approximate surface area is 221 Å². The largest absolute Gasteiger partial charge is 0.444 e. The number of hydrogen-bond acceptors (Lipinski definition) is 8. The molecule has 0 spiro atoms. The van der Waals surface area contributed by atoms with Crippen molar-refractivity contribution >= 4 is 23.6 Å². The molecule has 1 atom stereocenters. The second-order valence-corrected chi connectivity index (χ2v) is 10.1. The van der Waals surface area contributed by atoms with Crippen LogP contribution in [0.4, 0.5) is 16.4 Å². The summed E-state index contributed by atoms with van der Waals surface area (Å²) in [6.07, 6.45) is 7.39. The van der Waals surface area contributed by atoms with E-state index in [0.717, 1.165) is 36.1 Å². The summed E-state index contributed by atoms with van der Waals surface area (Å²) in [4.78, 5) is 35.7. The van der Waals surface area contributed by atoms with Gasteiger partial charge in [0, 0.05) is 23.9 Å². The van der Waals surface area contributed by atoms with Gasteiger partial charge in [-0.25, -0.2) is 19.4 Å². The molecule has 198 valence electrons. The number of nitriles is 1. The van der Waals surface area contributed by atoms with Crippen LogP contribution in [0.25, 0.3) is 11.3 Å². The van der Waals surface area contributed by atoms with E-state index in [4.69, 9.17) is 10.00 Å². The van der Waals surface area contributed by atoms with E-state index < -0.39 is 5.60 Å². The number of anilines is 2. The Kier molecular flexibility index (Phi) is 7.90. The zero-order valence-corrected chi connectivity index (χ0v) is 22.1. The van der Waals surface area contributed by atoms with Crippen molar-refractivity contribution < 1.29 is 14.3 Å². The highest BCUT2D eigenvalue weighted by Gasteiger charge is 2.32. The Morgan fingerprint density at radius 1 is 1.18 bits per heavy atom. The zero-order chi connectivity index (χ0) is 27.3. The maximum Gasteiger partial charge on any atom is 0.411 e. The molecule has 1 aromatic carbocycles. The van der Waals surface area contributed by atoms with Gasteiger partial charge in [0.05, 0.1) is 29.8 Å². The average molecular weight is 517 g/mol. The first-order valence-electron chi connectivity index (χ1n) is 12.5. The number of nitrogens with one attached hydrogen (secondary N) is 2. The summed E-state index contributed by atoms with van der Waals surface area (Å²) in [5.74, 6) is 0.0914. The molecule has 3 aromatic rings. The van der Waals surface area contributed by atoms with Crippen LogP contribution >= 0.6 is 0 Å². The van der Waals surface area contributed by atoms with Gasteiger partial charge in [0.1, 0.15) is 18.3 Å². The Hall–Kier alpha value is -4.46. The minimum atomic E-state index is -0.569. The first-order chi connectivity index (χ1) is 18.1. The van der Waals surface area contributed by atoms with Crippen LogP contribution in [0.5, 0.6) is 0 Å². The third kappa shape index (κ3) is 6.45. The van der Waals surface area contributed by atoms with Crippen molar-refractivity contribution in [1.82, 2.24) is 30.0 Å². The number of ether oxygens (including phenoxy) is 1. The molecule has 0 aliphatic carbocycles. The second kappa shape index (κ2) is 11.3. The molecule has 1 saturated heterocycles. The molecule has 0 saturated carbocycles. The lowest BCUT2D eigenvalue weighted by atomic mass is 10.1. The Balaban J connectivity index is 1.49. The van der Waals surface area contributed by atoms with E-state index in [2.05, 4.69) is 25.7 Å². The Bertz CT molecular complexity index is 1340. The van der Waals surface area contributed by atoms with Crippen molar-refractivity contribution in [3.05, 3.63) is 54.0 Å². The summed E-state index contributed by atoms with van der Waals surface area (Å²) in [5.41, 5.74) is 3.02. The zero-order valence-electron chi connectivity index (χ0n) is 22.1. The number of likely N-dealkylation sites (tertiary alicyclic amines) is 1. The number of carbonyl (C=O) groups is 2. The van der Waals surface area contributed by atoms with Gasteiger partial charge in [0.2, 0.25) is 5.95 Å². The van der Waals surface area contributed by atoms with Crippen LogP contribution in [0.3, 0.4) is 0 Å². The molecule has 11 heteroatoms. The number of nitrogens with zero attached hydrogens (tertiary/aromatic N) is 6. The van der Waals surface area contributed by atoms with E-state index in [0.29, 0.717) is 23.7 Å². The van der Waals surface area contributed by atoms with Crippen LogP contribution in [0.1, 0.15) is 62.1 Å². The summed E-state index contributed by atoms with van der Waals surface area (Å²) in [6, 6.07) is 8.91. The van der Waals surface area contributed by atoms with Gasteiger partial charge >= 0.3 is 6.09 Å². The van der Waals surface area contributed by atoms with Crippen molar-refractivity contribution in [2.24, 2.45) is 0 Å². The fourth-order valence-electron chi connectivity index (χ4n) is 4.21. The summed E-state index contributed by atoms with van der Waals surface area (Å²) in [5, 5.41) is 18.9. The highest BCUT2D eigenvalue weighted by molar-refractivity contribution is 5.94. The molecule has 0 radical (unpaired) electrons. The third-order valence-corrected chi connectivity index (χ3v) is 5.98. The third-order valence-electron chi connectivity index (χ3n) is 5.98. The average Bonchev–Trinajstić information content (AvgIpc) is 3.36. The van der Waals surface area contributed by atoms with Gasteiger partial charge in [-0.1, -0.05) is 12.1 Å². The van der Waals surface area contributed by atoms with E-state index >= 15 is 0 Å². The maximum absolute atomic E-state index is 12.8.